The molecule has 0 aliphatic carbocycles. The fourth-order valence-electron chi connectivity index (χ4n) is 0.263. The van der Waals surface area contributed by atoms with E-state index in [1.165, 1.54) is 0 Å². The van der Waals surface area contributed by atoms with Gasteiger partial charge in [-0.25, -0.2) is 13.6 Å². The van der Waals surface area contributed by atoms with Crippen molar-refractivity contribution in [3.8, 4) is 0 Å². The molecule has 0 saturated carbocycles. The van der Waals surface area contributed by atoms with Crippen LogP contribution >= 0.6 is 22.6 Å². The summed E-state index contributed by atoms with van der Waals surface area (Å²) >= 11 is 1.78. The van der Waals surface area contributed by atoms with Crippen LogP contribution < -0.4 is 5.14 Å². The first-order chi connectivity index (χ1) is 3.95. The van der Waals surface area contributed by atoms with Crippen LogP contribution in [0, 0.1) is 0 Å². The number of carbonyl (C=O) groups excluding carboxylic acids is 1. The molecule has 0 aliphatic heterocycles. The standard InChI is InChI=1S/C3H6INO3S/c4-1-3(6)2-9(5,7)8/h1-2H2,(H2,5,7,8). The molecule has 0 heterocycles. The van der Waals surface area contributed by atoms with E-state index in [9.17, 15) is 13.2 Å². The number of primary sulfonamides is 1. The summed E-state index contributed by atoms with van der Waals surface area (Å²) in [7, 11) is -3.59. The van der Waals surface area contributed by atoms with Gasteiger partial charge in [0.15, 0.2) is 5.78 Å². The first-order valence-corrected chi connectivity index (χ1v) is 5.28. The Morgan fingerprint density at radius 1 is 1.56 bits per heavy atom. The highest BCUT2D eigenvalue weighted by Crippen LogP contribution is 1.86. The van der Waals surface area contributed by atoms with Gasteiger partial charge in [-0.15, -0.1) is 0 Å². The second-order valence-corrected chi connectivity index (χ2v) is 3.86. The van der Waals surface area contributed by atoms with Crippen LogP contribution in [0.3, 0.4) is 0 Å². The molecule has 0 aromatic carbocycles. The summed E-state index contributed by atoms with van der Waals surface area (Å²) in [5.41, 5.74) is 0. The zero-order valence-electron chi connectivity index (χ0n) is 4.50. The molecule has 0 radical (unpaired) electrons. The third-order valence-corrected chi connectivity index (χ3v) is 2.09. The number of nitrogens with two attached hydrogens (primary N) is 1. The Morgan fingerprint density at radius 3 is 2.11 bits per heavy atom. The van der Waals surface area contributed by atoms with Crippen LogP contribution in [0.5, 0.6) is 0 Å². The van der Waals surface area contributed by atoms with Gasteiger partial charge in [0.05, 0.1) is 4.43 Å². The van der Waals surface area contributed by atoms with Gasteiger partial charge < -0.3 is 0 Å². The number of sulfonamides is 1. The Morgan fingerprint density at radius 2 is 2.00 bits per heavy atom. The lowest BCUT2D eigenvalue weighted by Crippen LogP contribution is -2.23. The van der Waals surface area contributed by atoms with Crippen molar-refractivity contribution < 1.29 is 13.2 Å². The van der Waals surface area contributed by atoms with Crippen LogP contribution in [0.4, 0.5) is 0 Å². The molecule has 0 bridgehead atoms. The van der Waals surface area contributed by atoms with E-state index in [1.54, 1.807) is 22.6 Å². The first kappa shape index (κ1) is 9.31. The van der Waals surface area contributed by atoms with E-state index in [-0.39, 0.29) is 10.2 Å². The van der Waals surface area contributed by atoms with E-state index in [0.717, 1.165) is 0 Å². The fourth-order valence-corrected chi connectivity index (χ4v) is 1.45. The van der Waals surface area contributed by atoms with Gasteiger partial charge in [0, 0.05) is 0 Å². The van der Waals surface area contributed by atoms with Crippen molar-refractivity contribution in [1.82, 2.24) is 0 Å². The maximum Gasteiger partial charge on any atom is 0.216 e. The molecule has 2 N–H and O–H groups in total. The topological polar surface area (TPSA) is 77.2 Å². The number of Topliss-reactive ketones (excluding diaryl/α,β-unsaturated/α-hetero) is 1. The van der Waals surface area contributed by atoms with E-state index in [1.807, 2.05) is 0 Å². The van der Waals surface area contributed by atoms with E-state index in [2.05, 4.69) is 5.14 Å². The van der Waals surface area contributed by atoms with Gasteiger partial charge in [0.25, 0.3) is 0 Å². The van der Waals surface area contributed by atoms with Crippen molar-refractivity contribution in [2.24, 2.45) is 5.14 Å². The number of carbonyl (C=O) groups is 1. The minimum absolute atomic E-state index is 0.189. The van der Waals surface area contributed by atoms with E-state index >= 15 is 0 Å². The van der Waals surface area contributed by atoms with Crippen molar-refractivity contribution in [3.05, 3.63) is 0 Å². The summed E-state index contributed by atoms with van der Waals surface area (Å²) in [6.07, 6.45) is 0. The molecule has 6 heteroatoms. The SMILES string of the molecule is NS(=O)(=O)CC(=O)CI. The zero-order valence-corrected chi connectivity index (χ0v) is 7.48. The Kier molecular flexibility index (Phi) is 3.59. The van der Waals surface area contributed by atoms with Crippen LogP contribution in [-0.2, 0) is 14.8 Å². The van der Waals surface area contributed by atoms with E-state index in [0.29, 0.717) is 0 Å². The van der Waals surface area contributed by atoms with E-state index < -0.39 is 15.8 Å². The van der Waals surface area contributed by atoms with Gasteiger partial charge in [-0.05, 0) is 0 Å². The van der Waals surface area contributed by atoms with E-state index in [4.69, 9.17) is 0 Å². The molecule has 54 valence electrons. The molecule has 0 aliphatic rings. The monoisotopic (exact) mass is 263 g/mol. The van der Waals surface area contributed by atoms with Crippen LogP contribution in [0.2, 0.25) is 0 Å². The van der Waals surface area contributed by atoms with Crippen LogP contribution in [-0.4, -0.2) is 24.4 Å². The first-order valence-electron chi connectivity index (χ1n) is 2.04. The number of rotatable bonds is 3. The number of hydrogen-bond acceptors (Lipinski definition) is 3. The van der Waals surface area contributed by atoms with Crippen LogP contribution in [0.1, 0.15) is 0 Å². The minimum Gasteiger partial charge on any atom is -0.298 e. The van der Waals surface area contributed by atoms with Gasteiger partial charge in [-0.3, -0.25) is 4.79 Å². The number of alkyl halides is 1. The van der Waals surface area contributed by atoms with Crippen LogP contribution in [0.25, 0.3) is 0 Å². The quantitative estimate of drug-likeness (QED) is 0.539. The number of halogens is 1. The minimum atomic E-state index is -3.59. The van der Waals surface area contributed by atoms with Gasteiger partial charge in [0.1, 0.15) is 5.75 Å². The lowest BCUT2D eigenvalue weighted by atomic mass is 10.5. The molecule has 0 aromatic rings. The molecule has 0 aromatic heterocycles. The zero-order chi connectivity index (χ0) is 7.49. The third kappa shape index (κ3) is 6.19. The third-order valence-electron chi connectivity index (χ3n) is 0.511. The van der Waals surface area contributed by atoms with Crippen molar-refractivity contribution >= 4 is 38.4 Å². The van der Waals surface area contributed by atoms with Crippen molar-refractivity contribution in [2.45, 2.75) is 0 Å². The summed E-state index contributed by atoms with van der Waals surface area (Å²) in [6, 6.07) is 0. The van der Waals surface area contributed by atoms with Crippen LogP contribution in [0.15, 0.2) is 0 Å². The van der Waals surface area contributed by atoms with Crippen molar-refractivity contribution in [1.29, 1.82) is 0 Å². The molecule has 0 spiro atoms. The second kappa shape index (κ2) is 3.47. The molecule has 0 fully saturated rings. The highest BCUT2D eigenvalue weighted by molar-refractivity contribution is 14.1. The van der Waals surface area contributed by atoms with Gasteiger partial charge in [-0.1, -0.05) is 22.6 Å². The highest BCUT2D eigenvalue weighted by Gasteiger charge is 2.08. The maximum atomic E-state index is 10.4. The predicted molar refractivity (Wildman–Crippen MR) is 41.9 cm³/mol. The highest BCUT2D eigenvalue weighted by atomic mass is 127. The number of hydrogen-bond donors (Lipinski definition) is 1. The summed E-state index contributed by atoms with van der Waals surface area (Å²) in [5, 5.41) is 4.56. The Balaban J connectivity index is 3.91. The molecule has 0 unspecified atom stereocenters. The summed E-state index contributed by atoms with van der Waals surface area (Å²) in [5.74, 6) is -0.909. The Labute approximate surface area is 67.0 Å². The Hall–Kier alpha value is 0.310. The average Bonchev–Trinajstić information content (AvgIpc) is 1.62. The maximum absolute atomic E-state index is 10.4. The lowest BCUT2D eigenvalue weighted by molar-refractivity contribution is -0.114. The number of ketones is 1. The second-order valence-electron chi connectivity index (χ2n) is 1.48. The molecule has 0 saturated heterocycles. The lowest BCUT2D eigenvalue weighted by Gasteiger charge is -1.90. The van der Waals surface area contributed by atoms with Gasteiger partial charge in [0.2, 0.25) is 10.0 Å². The largest absolute Gasteiger partial charge is 0.298 e. The van der Waals surface area contributed by atoms with Crippen molar-refractivity contribution in [2.75, 3.05) is 10.2 Å². The summed E-state index contributed by atoms with van der Waals surface area (Å²) in [4.78, 5) is 10.4. The molecule has 9 heavy (non-hydrogen) atoms. The molecule has 0 atom stereocenters. The van der Waals surface area contributed by atoms with Gasteiger partial charge in [-0.2, -0.15) is 0 Å². The molecule has 0 rings (SSSR count). The van der Waals surface area contributed by atoms with Crippen molar-refractivity contribution in [3.63, 3.8) is 0 Å². The predicted octanol–water partition coefficient (Wildman–Crippen LogP) is -0.721. The normalized spacial score (nSPS) is 11.3. The molecular weight excluding hydrogens is 257 g/mol. The Bertz CT molecular complexity index is 197. The summed E-state index contributed by atoms with van der Waals surface area (Å²) < 4.78 is 20.5. The molecule has 0 amide bonds. The smallest absolute Gasteiger partial charge is 0.216 e. The molecular formula is C3H6INO3S. The van der Waals surface area contributed by atoms with Gasteiger partial charge >= 0.3 is 0 Å². The fraction of sp³-hybridized carbons (Fsp3) is 0.667. The summed E-state index contributed by atoms with van der Waals surface area (Å²) in [6.45, 7) is 0. The molecule has 4 nitrogen and oxygen atoms in total. The average molecular weight is 263 g/mol.